The maximum absolute atomic E-state index is 12.5. The first-order chi connectivity index (χ1) is 12.4. The van der Waals surface area contributed by atoms with E-state index in [2.05, 4.69) is 9.46 Å². The molecular formula is C19H21F2NO3S. The Labute approximate surface area is 152 Å². The topological polar surface area (TPSA) is 55.4 Å². The lowest BCUT2D eigenvalue weighted by atomic mass is 9.92. The quantitative estimate of drug-likeness (QED) is 0.796. The van der Waals surface area contributed by atoms with E-state index in [1.54, 1.807) is 24.3 Å². The molecule has 0 amide bonds. The molecule has 26 heavy (non-hydrogen) atoms. The van der Waals surface area contributed by atoms with Gasteiger partial charge in [0.2, 0.25) is 10.0 Å². The normalized spacial score (nSPS) is 14.3. The molecular weight excluding hydrogens is 360 g/mol. The van der Waals surface area contributed by atoms with E-state index in [4.69, 9.17) is 0 Å². The summed E-state index contributed by atoms with van der Waals surface area (Å²) in [6.45, 7) is -2.63. The van der Waals surface area contributed by atoms with Crippen molar-refractivity contribution in [1.82, 2.24) is 4.72 Å². The molecule has 7 heteroatoms. The first-order valence-corrected chi connectivity index (χ1v) is 10.1. The summed E-state index contributed by atoms with van der Waals surface area (Å²) < 4.78 is 56.1. The first kappa shape index (κ1) is 18.8. The van der Waals surface area contributed by atoms with Crippen molar-refractivity contribution in [2.24, 2.45) is 0 Å². The second kappa shape index (κ2) is 8.14. The van der Waals surface area contributed by atoms with E-state index in [1.165, 1.54) is 17.7 Å². The van der Waals surface area contributed by atoms with Crippen LogP contribution in [0.4, 0.5) is 8.78 Å². The molecule has 140 valence electrons. The number of ether oxygens (including phenoxy) is 1. The summed E-state index contributed by atoms with van der Waals surface area (Å²) in [5.41, 5.74) is 3.19. The minimum atomic E-state index is -3.56. The van der Waals surface area contributed by atoms with Crippen molar-refractivity contribution < 1.29 is 21.9 Å². The van der Waals surface area contributed by atoms with Gasteiger partial charge in [0.15, 0.2) is 0 Å². The molecule has 1 aliphatic carbocycles. The van der Waals surface area contributed by atoms with Crippen molar-refractivity contribution in [3.05, 3.63) is 59.2 Å². The fraction of sp³-hybridized carbons (Fsp3) is 0.368. The number of hydrogen-bond donors (Lipinski definition) is 1. The van der Waals surface area contributed by atoms with E-state index in [9.17, 15) is 17.2 Å². The van der Waals surface area contributed by atoms with Crippen molar-refractivity contribution in [1.29, 1.82) is 0 Å². The first-order valence-electron chi connectivity index (χ1n) is 8.59. The molecule has 3 rings (SSSR count). The largest absolute Gasteiger partial charge is 0.435 e. The second-order valence-corrected chi connectivity index (χ2v) is 8.07. The van der Waals surface area contributed by atoms with E-state index >= 15 is 0 Å². The maximum Gasteiger partial charge on any atom is 0.387 e. The highest BCUT2D eigenvalue weighted by Crippen LogP contribution is 2.24. The Morgan fingerprint density at radius 1 is 1.00 bits per heavy atom. The van der Waals surface area contributed by atoms with E-state index in [0.29, 0.717) is 11.3 Å². The highest BCUT2D eigenvalue weighted by Gasteiger charge is 2.17. The third-order valence-electron chi connectivity index (χ3n) is 4.48. The average molecular weight is 381 g/mol. The number of hydrogen-bond acceptors (Lipinski definition) is 3. The number of nitrogens with one attached hydrogen (secondary N) is 1. The fourth-order valence-electron chi connectivity index (χ4n) is 3.13. The van der Waals surface area contributed by atoms with Crippen molar-refractivity contribution in [2.45, 2.75) is 43.6 Å². The fourth-order valence-corrected chi connectivity index (χ4v) is 4.21. The molecule has 0 saturated heterocycles. The predicted molar refractivity (Wildman–Crippen MR) is 95.1 cm³/mol. The minimum absolute atomic E-state index is 0.0818. The molecule has 0 saturated carbocycles. The number of halogens is 2. The van der Waals surface area contributed by atoms with Gasteiger partial charge in [0, 0.05) is 6.54 Å². The lowest BCUT2D eigenvalue weighted by Gasteiger charge is -2.16. The molecule has 1 aliphatic rings. The van der Waals surface area contributed by atoms with Gasteiger partial charge in [-0.15, -0.1) is 0 Å². The highest BCUT2D eigenvalue weighted by molar-refractivity contribution is 7.89. The van der Waals surface area contributed by atoms with Gasteiger partial charge >= 0.3 is 6.61 Å². The zero-order valence-corrected chi connectivity index (χ0v) is 15.1. The summed E-state index contributed by atoms with van der Waals surface area (Å²) in [6.07, 6.45) is 4.63. The number of rotatable bonds is 7. The van der Waals surface area contributed by atoms with E-state index < -0.39 is 16.6 Å². The molecule has 4 nitrogen and oxygen atoms in total. The standard InChI is InChI=1S/C19H21F2NO3S/c20-19(21)25-17-8-5-14(6-9-17)11-12-22-26(23,24)18-10-7-15-3-1-2-4-16(15)13-18/h5-10,13,19,22H,1-4,11-12H2. The molecule has 0 aliphatic heterocycles. The summed E-state index contributed by atoms with van der Waals surface area (Å²) in [5.74, 6) is 0.0818. The van der Waals surface area contributed by atoms with Gasteiger partial charge in [-0.3, -0.25) is 0 Å². The van der Waals surface area contributed by atoms with Crippen molar-refractivity contribution in [3.8, 4) is 5.75 Å². The van der Waals surface area contributed by atoms with Crippen LogP contribution in [-0.4, -0.2) is 21.6 Å². The average Bonchev–Trinajstić information content (AvgIpc) is 2.62. The number of alkyl halides is 2. The summed E-state index contributed by atoms with van der Waals surface area (Å²) in [7, 11) is -3.56. The maximum atomic E-state index is 12.5. The van der Waals surface area contributed by atoms with Gasteiger partial charge in [0.1, 0.15) is 5.75 Å². The summed E-state index contributed by atoms with van der Waals surface area (Å²) in [5, 5.41) is 0. The van der Waals surface area contributed by atoms with Crippen LogP contribution < -0.4 is 9.46 Å². The van der Waals surface area contributed by atoms with Crippen LogP contribution in [0.2, 0.25) is 0 Å². The number of benzene rings is 2. The van der Waals surface area contributed by atoms with Gasteiger partial charge < -0.3 is 4.74 Å². The zero-order chi connectivity index (χ0) is 18.6. The molecule has 0 heterocycles. The Bertz CT molecular complexity index is 852. The summed E-state index contributed by atoms with van der Waals surface area (Å²) in [4.78, 5) is 0.291. The van der Waals surface area contributed by atoms with Crippen LogP contribution in [-0.2, 0) is 29.3 Å². The third kappa shape index (κ3) is 4.80. The van der Waals surface area contributed by atoms with Gasteiger partial charge in [-0.25, -0.2) is 13.1 Å². The van der Waals surface area contributed by atoms with Gasteiger partial charge in [-0.1, -0.05) is 18.2 Å². The highest BCUT2D eigenvalue weighted by atomic mass is 32.2. The van der Waals surface area contributed by atoms with Gasteiger partial charge in [0.25, 0.3) is 0 Å². The van der Waals surface area contributed by atoms with Gasteiger partial charge in [-0.05, 0) is 73.1 Å². The number of aryl methyl sites for hydroxylation is 2. The Balaban J connectivity index is 1.58. The lowest BCUT2D eigenvalue weighted by molar-refractivity contribution is -0.0498. The molecule has 0 aromatic heterocycles. The Kier molecular flexibility index (Phi) is 5.88. The van der Waals surface area contributed by atoms with Gasteiger partial charge in [-0.2, -0.15) is 8.78 Å². The number of fused-ring (bicyclic) bond motifs is 1. The second-order valence-electron chi connectivity index (χ2n) is 6.31. The van der Waals surface area contributed by atoms with E-state index in [0.717, 1.165) is 36.8 Å². The lowest BCUT2D eigenvalue weighted by Crippen LogP contribution is -2.26. The molecule has 0 radical (unpaired) electrons. The van der Waals surface area contributed by atoms with Crippen LogP contribution in [0.1, 0.15) is 29.5 Å². The van der Waals surface area contributed by atoms with Crippen molar-refractivity contribution in [2.75, 3.05) is 6.54 Å². The number of sulfonamides is 1. The molecule has 0 fully saturated rings. The Morgan fingerprint density at radius 3 is 2.38 bits per heavy atom. The van der Waals surface area contributed by atoms with Crippen LogP contribution in [0.5, 0.6) is 5.75 Å². The molecule has 2 aromatic carbocycles. The molecule has 2 aromatic rings. The zero-order valence-electron chi connectivity index (χ0n) is 14.3. The van der Waals surface area contributed by atoms with Crippen LogP contribution in [0.15, 0.2) is 47.4 Å². The Morgan fingerprint density at radius 2 is 1.69 bits per heavy atom. The van der Waals surface area contributed by atoms with Gasteiger partial charge in [0.05, 0.1) is 4.90 Å². The predicted octanol–water partition coefficient (Wildman–Crippen LogP) is 3.69. The smallest absolute Gasteiger partial charge is 0.387 e. The van der Waals surface area contributed by atoms with Crippen molar-refractivity contribution in [3.63, 3.8) is 0 Å². The summed E-state index contributed by atoms with van der Waals surface area (Å²) in [6, 6.07) is 11.5. The van der Waals surface area contributed by atoms with Crippen LogP contribution in [0.3, 0.4) is 0 Å². The molecule has 0 bridgehead atoms. The minimum Gasteiger partial charge on any atom is -0.435 e. The molecule has 0 atom stereocenters. The monoisotopic (exact) mass is 381 g/mol. The van der Waals surface area contributed by atoms with Crippen LogP contribution >= 0.6 is 0 Å². The van der Waals surface area contributed by atoms with Crippen LogP contribution in [0.25, 0.3) is 0 Å². The molecule has 0 unspecified atom stereocenters. The SMILES string of the molecule is O=S(=O)(NCCc1ccc(OC(F)F)cc1)c1ccc2c(c1)CCCC2. The van der Waals surface area contributed by atoms with Crippen LogP contribution in [0, 0.1) is 0 Å². The molecule has 1 N–H and O–H groups in total. The Hall–Kier alpha value is -1.99. The van der Waals surface area contributed by atoms with E-state index in [1.807, 2.05) is 6.07 Å². The van der Waals surface area contributed by atoms with Crippen molar-refractivity contribution >= 4 is 10.0 Å². The molecule has 0 spiro atoms. The summed E-state index contributed by atoms with van der Waals surface area (Å²) >= 11 is 0. The van der Waals surface area contributed by atoms with E-state index in [-0.39, 0.29) is 12.3 Å². The third-order valence-corrected chi connectivity index (χ3v) is 5.94.